The van der Waals surface area contributed by atoms with Crippen LogP contribution in [-0.2, 0) is 6.18 Å². The molecule has 1 saturated carbocycles. The van der Waals surface area contributed by atoms with Crippen LogP contribution in [0.1, 0.15) is 39.1 Å². The van der Waals surface area contributed by atoms with Gasteiger partial charge in [0, 0.05) is 5.92 Å². The van der Waals surface area contributed by atoms with Gasteiger partial charge in [0.25, 0.3) is 0 Å². The lowest BCUT2D eigenvalue weighted by Gasteiger charge is -1.98. The van der Waals surface area contributed by atoms with E-state index in [-0.39, 0.29) is 27.8 Å². The Hall–Kier alpha value is -1.11. The van der Waals surface area contributed by atoms with E-state index < -0.39 is 17.2 Å². The first-order valence-electron chi connectivity index (χ1n) is 4.21. The molecule has 0 aromatic carbocycles. The minimum Gasteiger partial charge on any atom is -0.477 e. The molecule has 1 aliphatic carbocycles. The third-order valence-electron chi connectivity index (χ3n) is 2.05. The van der Waals surface area contributed by atoms with Crippen LogP contribution in [0, 0.1) is 0 Å². The summed E-state index contributed by atoms with van der Waals surface area (Å²) in [4.78, 5) is 13.8. The second-order valence-electron chi connectivity index (χ2n) is 3.31. The van der Waals surface area contributed by atoms with Gasteiger partial charge in [-0.2, -0.15) is 13.2 Å². The topological polar surface area (TPSA) is 50.2 Å². The van der Waals surface area contributed by atoms with Crippen LogP contribution >= 0.6 is 11.3 Å². The van der Waals surface area contributed by atoms with E-state index in [4.69, 9.17) is 5.11 Å². The molecule has 0 saturated heterocycles. The van der Waals surface area contributed by atoms with Crippen molar-refractivity contribution in [2.45, 2.75) is 24.9 Å². The van der Waals surface area contributed by atoms with Gasteiger partial charge in [-0.1, -0.05) is 0 Å². The van der Waals surface area contributed by atoms with Gasteiger partial charge >= 0.3 is 12.1 Å². The van der Waals surface area contributed by atoms with E-state index in [9.17, 15) is 18.0 Å². The third kappa shape index (κ3) is 1.97. The zero-order chi connectivity index (χ0) is 11.2. The molecule has 1 aromatic heterocycles. The van der Waals surface area contributed by atoms with Gasteiger partial charge in [-0.15, -0.1) is 11.3 Å². The predicted molar refractivity (Wildman–Crippen MR) is 46.1 cm³/mol. The molecule has 82 valence electrons. The van der Waals surface area contributed by atoms with Gasteiger partial charge in [-0.05, 0) is 12.8 Å². The molecule has 2 rings (SSSR count). The lowest BCUT2D eigenvalue weighted by Crippen LogP contribution is -2.03. The van der Waals surface area contributed by atoms with Gasteiger partial charge in [-0.3, -0.25) is 0 Å². The molecule has 0 radical (unpaired) electrons. The molecule has 0 amide bonds. The highest BCUT2D eigenvalue weighted by molar-refractivity contribution is 7.13. The van der Waals surface area contributed by atoms with Crippen molar-refractivity contribution in [3.8, 4) is 0 Å². The van der Waals surface area contributed by atoms with E-state index in [1.807, 2.05) is 0 Å². The molecule has 0 aliphatic heterocycles. The Morgan fingerprint density at radius 2 is 2.07 bits per heavy atom. The largest absolute Gasteiger partial charge is 0.477 e. The van der Waals surface area contributed by atoms with E-state index in [2.05, 4.69) is 4.98 Å². The maximum absolute atomic E-state index is 12.3. The zero-order valence-corrected chi connectivity index (χ0v) is 8.15. The molecule has 0 atom stereocenters. The number of alkyl halides is 3. The molecule has 1 fully saturated rings. The molecular formula is C8H6F3NO2S. The third-order valence-corrected chi connectivity index (χ3v) is 3.16. The number of aromatic nitrogens is 1. The highest BCUT2D eigenvalue weighted by atomic mass is 32.1. The number of thiazole rings is 1. The second-order valence-corrected chi connectivity index (χ2v) is 4.31. The van der Waals surface area contributed by atoms with Crippen LogP contribution in [0.3, 0.4) is 0 Å². The number of carboxylic acid groups (broad SMARTS) is 1. The van der Waals surface area contributed by atoms with Crippen molar-refractivity contribution in [1.82, 2.24) is 4.98 Å². The molecule has 1 heterocycles. The van der Waals surface area contributed by atoms with Gasteiger partial charge in [0.15, 0.2) is 5.01 Å². The first kappa shape index (κ1) is 10.4. The lowest BCUT2D eigenvalue weighted by molar-refractivity contribution is -0.137. The summed E-state index contributed by atoms with van der Waals surface area (Å²) in [5.74, 6) is -1.42. The van der Waals surface area contributed by atoms with Gasteiger partial charge in [0.1, 0.15) is 4.88 Å². The van der Waals surface area contributed by atoms with Crippen LogP contribution in [0.4, 0.5) is 13.2 Å². The number of hydrogen-bond donors (Lipinski definition) is 1. The van der Waals surface area contributed by atoms with Crippen molar-refractivity contribution in [3.63, 3.8) is 0 Å². The SMILES string of the molecule is O=C(O)c1sc(C(F)(F)F)nc1C1CC1. The molecule has 0 spiro atoms. The Bertz CT molecular complexity index is 409. The molecular weight excluding hydrogens is 231 g/mol. The number of carboxylic acids is 1. The number of rotatable bonds is 2. The Balaban J connectivity index is 2.44. The molecule has 7 heteroatoms. The van der Waals surface area contributed by atoms with Gasteiger partial charge in [0.2, 0.25) is 0 Å². The quantitative estimate of drug-likeness (QED) is 0.860. The Morgan fingerprint density at radius 1 is 1.47 bits per heavy atom. The van der Waals surface area contributed by atoms with E-state index in [1.165, 1.54) is 0 Å². The first-order valence-corrected chi connectivity index (χ1v) is 5.02. The molecule has 1 aliphatic rings. The van der Waals surface area contributed by atoms with E-state index >= 15 is 0 Å². The van der Waals surface area contributed by atoms with Crippen LogP contribution in [0.25, 0.3) is 0 Å². The Kier molecular flexibility index (Phi) is 2.22. The molecule has 3 nitrogen and oxygen atoms in total. The Labute approximate surface area is 86.6 Å². The fourth-order valence-corrected chi connectivity index (χ4v) is 2.10. The van der Waals surface area contributed by atoms with Crippen molar-refractivity contribution in [2.24, 2.45) is 0 Å². The lowest BCUT2D eigenvalue weighted by atomic mass is 10.2. The number of carbonyl (C=O) groups is 1. The van der Waals surface area contributed by atoms with Gasteiger partial charge in [-0.25, -0.2) is 9.78 Å². The van der Waals surface area contributed by atoms with Crippen molar-refractivity contribution in [2.75, 3.05) is 0 Å². The normalized spacial score (nSPS) is 16.7. The summed E-state index contributed by atoms with van der Waals surface area (Å²) < 4.78 is 36.9. The van der Waals surface area contributed by atoms with Crippen LogP contribution in [0.5, 0.6) is 0 Å². The molecule has 1 N–H and O–H groups in total. The Morgan fingerprint density at radius 3 is 2.47 bits per heavy atom. The van der Waals surface area contributed by atoms with Crippen LogP contribution < -0.4 is 0 Å². The standard InChI is InChI=1S/C8H6F3NO2S/c9-8(10,11)7-12-4(3-1-2-3)5(15-7)6(13)14/h3H,1-2H2,(H,13,14). The zero-order valence-electron chi connectivity index (χ0n) is 7.34. The first-order chi connectivity index (χ1) is 6.89. The second kappa shape index (κ2) is 3.19. The summed E-state index contributed by atoms with van der Waals surface area (Å²) >= 11 is 0.207. The van der Waals surface area contributed by atoms with E-state index in [0.717, 1.165) is 12.8 Å². The van der Waals surface area contributed by atoms with Crippen molar-refractivity contribution in [1.29, 1.82) is 0 Å². The number of aromatic carboxylic acids is 1. The number of nitrogens with zero attached hydrogens (tertiary/aromatic N) is 1. The molecule has 15 heavy (non-hydrogen) atoms. The van der Waals surface area contributed by atoms with E-state index in [0.29, 0.717) is 0 Å². The smallest absolute Gasteiger partial charge is 0.443 e. The van der Waals surface area contributed by atoms with Crippen molar-refractivity contribution < 1.29 is 23.1 Å². The molecule has 0 bridgehead atoms. The highest BCUT2D eigenvalue weighted by Gasteiger charge is 2.40. The van der Waals surface area contributed by atoms with Crippen LogP contribution in [0.15, 0.2) is 0 Å². The minimum absolute atomic E-state index is 0.0940. The number of hydrogen-bond acceptors (Lipinski definition) is 3. The summed E-state index contributed by atoms with van der Waals surface area (Å²) in [6.45, 7) is 0. The number of halogens is 3. The molecule has 1 aromatic rings. The maximum Gasteiger partial charge on any atom is 0.443 e. The van der Waals surface area contributed by atoms with Crippen LogP contribution in [0.2, 0.25) is 0 Å². The van der Waals surface area contributed by atoms with Gasteiger partial charge in [0.05, 0.1) is 5.69 Å². The summed E-state index contributed by atoms with van der Waals surface area (Å²) in [6.07, 6.45) is -3.11. The average Bonchev–Trinajstić information content (AvgIpc) is 2.81. The van der Waals surface area contributed by atoms with Crippen molar-refractivity contribution in [3.05, 3.63) is 15.6 Å². The van der Waals surface area contributed by atoms with E-state index in [1.54, 1.807) is 0 Å². The van der Waals surface area contributed by atoms with Crippen LogP contribution in [-0.4, -0.2) is 16.1 Å². The average molecular weight is 237 g/mol. The summed E-state index contributed by atoms with van der Waals surface area (Å²) in [6, 6.07) is 0. The summed E-state index contributed by atoms with van der Waals surface area (Å²) in [5.41, 5.74) is 0.0971. The maximum atomic E-state index is 12.3. The monoisotopic (exact) mass is 237 g/mol. The fraction of sp³-hybridized carbons (Fsp3) is 0.500. The summed E-state index contributed by atoms with van der Waals surface area (Å²) in [5, 5.41) is 7.66. The minimum atomic E-state index is -4.55. The van der Waals surface area contributed by atoms with Gasteiger partial charge < -0.3 is 5.11 Å². The fourth-order valence-electron chi connectivity index (χ4n) is 1.24. The predicted octanol–water partition coefficient (Wildman–Crippen LogP) is 2.74. The van der Waals surface area contributed by atoms with Crippen molar-refractivity contribution >= 4 is 17.3 Å². The highest BCUT2D eigenvalue weighted by Crippen LogP contribution is 2.45. The summed E-state index contributed by atoms with van der Waals surface area (Å²) in [7, 11) is 0. The molecule has 0 unspecified atom stereocenters.